The molecule has 0 aliphatic carbocycles. The average molecular weight is 242 g/mol. The molecule has 1 aliphatic heterocycles. The number of amides is 1. The van der Waals surface area contributed by atoms with Gasteiger partial charge in [0.05, 0.1) is 11.5 Å². The van der Waals surface area contributed by atoms with E-state index in [0.717, 1.165) is 45.2 Å². The van der Waals surface area contributed by atoms with E-state index in [0.29, 0.717) is 6.54 Å². The summed E-state index contributed by atoms with van der Waals surface area (Å²) in [6, 6.07) is 0. The van der Waals surface area contributed by atoms with Gasteiger partial charge in [0.25, 0.3) is 0 Å². The van der Waals surface area contributed by atoms with Crippen molar-refractivity contribution in [2.75, 3.05) is 19.6 Å². The van der Waals surface area contributed by atoms with Crippen LogP contribution in [0.5, 0.6) is 0 Å². The first kappa shape index (κ1) is 14.5. The molecule has 0 radical (unpaired) electrons. The Labute approximate surface area is 104 Å². The van der Waals surface area contributed by atoms with Crippen molar-refractivity contribution in [3.63, 3.8) is 0 Å². The highest BCUT2D eigenvalue weighted by molar-refractivity contribution is 5.82. The monoisotopic (exact) mass is 242 g/mol. The molecule has 1 amide bonds. The molecule has 1 saturated heterocycles. The second-order valence-corrected chi connectivity index (χ2v) is 5.13. The fourth-order valence-corrected chi connectivity index (χ4v) is 2.43. The maximum Gasteiger partial charge on any atom is 0.226 e. The van der Waals surface area contributed by atoms with Crippen LogP contribution in [0.25, 0.3) is 0 Å². The van der Waals surface area contributed by atoms with E-state index in [2.05, 4.69) is 17.6 Å². The lowest BCUT2D eigenvalue weighted by Crippen LogP contribution is -2.47. The zero-order chi connectivity index (χ0) is 12.7. The average Bonchev–Trinajstić information content (AvgIpc) is 2.35. The van der Waals surface area contributed by atoms with Crippen LogP contribution in [0, 0.1) is 5.41 Å². The van der Waals surface area contributed by atoms with E-state index < -0.39 is 0 Å². The summed E-state index contributed by atoms with van der Waals surface area (Å²) in [5, 5.41) is 15.5. The van der Waals surface area contributed by atoms with Gasteiger partial charge in [0, 0.05) is 6.54 Å². The predicted octanol–water partition coefficient (Wildman–Crippen LogP) is 1.04. The van der Waals surface area contributed by atoms with Crippen LogP contribution in [0.15, 0.2) is 0 Å². The molecular weight excluding hydrogens is 216 g/mol. The molecule has 1 rings (SSSR count). The van der Waals surface area contributed by atoms with Crippen molar-refractivity contribution in [1.29, 1.82) is 0 Å². The first-order valence-electron chi connectivity index (χ1n) is 6.78. The zero-order valence-electron chi connectivity index (χ0n) is 11.1. The lowest BCUT2D eigenvalue weighted by Gasteiger charge is -2.35. The fraction of sp³-hybridized carbons (Fsp3) is 0.923. The van der Waals surface area contributed by atoms with E-state index in [4.69, 9.17) is 5.11 Å². The van der Waals surface area contributed by atoms with E-state index in [1.54, 1.807) is 6.92 Å². The normalized spacial score (nSPS) is 20.9. The lowest BCUT2D eigenvalue weighted by atomic mass is 9.76. The van der Waals surface area contributed by atoms with E-state index in [1.165, 1.54) is 0 Å². The molecule has 0 spiro atoms. The number of rotatable bonds is 6. The Bertz CT molecular complexity index is 236. The van der Waals surface area contributed by atoms with Gasteiger partial charge in [-0.15, -0.1) is 0 Å². The van der Waals surface area contributed by atoms with E-state index in [9.17, 15) is 4.79 Å². The SMILES string of the molecule is CCC1(C(=O)NCCCC(C)O)CCNCC1. The number of hydrogen-bond acceptors (Lipinski definition) is 3. The number of nitrogens with one attached hydrogen (secondary N) is 2. The van der Waals surface area contributed by atoms with Gasteiger partial charge in [-0.25, -0.2) is 0 Å². The van der Waals surface area contributed by atoms with Crippen molar-refractivity contribution in [3.05, 3.63) is 0 Å². The maximum atomic E-state index is 12.2. The standard InChI is InChI=1S/C13H26N2O2/c1-3-13(6-9-14-10-7-13)12(17)15-8-4-5-11(2)16/h11,14,16H,3-10H2,1-2H3,(H,15,17). The van der Waals surface area contributed by atoms with Gasteiger partial charge in [-0.2, -0.15) is 0 Å². The summed E-state index contributed by atoms with van der Waals surface area (Å²) in [5.41, 5.74) is -0.157. The zero-order valence-corrected chi connectivity index (χ0v) is 11.1. The number of aliphatic hydroxyl groups excluding tert-OH is 1. The van der Waals surface area contributed by atoms with Crippen molar-refractivity contribution in [3.8, 4) is 0 Å². The number of aliphatic hydroxyl groups is 1. The molecule has 0 saturated carbocycles. The molecule has 4 heteroatoms. The van der Waals surface area contributed by atoms with E-state index in [-0.39, 0.29) is 17.4 Å². The number of carbonyl (C=O) groups is 1. The first-order valence-corrected chi connectivity index (χ1v) is 6.78. The minimum absolute atomic E-state index is 0.157. The molecule has 3 N–H and O–H groups in total. The van der Waals surface area contributed by atoms with Gasteiger partial charge in [0.1, 0.15) is 0 Å². The van der Waals surface area contributed by atoms with Crippen LogP contribution in [0.1, 0.15) is 46.0 Å². The molecule has 4 nitrogen and oxygen atoms in total. The summed E-state index contributed by atoms with van der Waals surface area (Å²) >= 11 is 0. The van der Waals surface area contributed by atoms with Crippen molar-refractivity contribution in [1.82, 2.24) is 10.6 Å². The summed E-state index contributed by atoms with van der Waals surface area (Å²) in [6.07, 6.45) is 4.11. The lowest BCUT2D eigenvalue weighted by molar-refractivity contribution is -0.132. The second kappa shape index (κ2) is 6.97. The second-order valence-electron chi connectivity index (χ2n) is 5.13. The summed E-state index contributed by atoms with van der Waals surface area (Å²) in [6.45, 7) is 6.44. The van der Waals surface area contributed by atoms with Gasteiger partial charge >= 0.3 is 0 Å². The maximum absolute atomic E-state index is 12.2. The van der Waals surface area contributed by atoms with Gasteiger partial charge in [-0.1, -0.05) is 6.92 Å². The highest BCUT2D eigenvalue weighted by Gasteiger charge is 2.37. The van der Waals surface area contributed by atoms with Crippen molar-refractivity contribution >= 4 is 5.91 Å². The number of carbonyl (C=O) groups excluding carboxylic acids is 1. The van der Waals surface area contributed by atoms with Gasteiger partial charge < -0.3 is 15.7 Å². The summed E-state index contributed by atoms with van der Waals surface area (Å²) < 4.78 is 0. The van der Waals surface area contributed by atoms with Crippen LogP contribution in [0.2, 0.25) is 0 Å². The van der Waals surface area contributed by atoms with Gasteiger partial charge in [0.15, 0.2) is 0 Å². The third-order valence-electron chi connectivity index (χ3n) is 3.80. The predicted molar refractivity (Wildman–Crippen MR) is 68.8 cm³/mol. The molecule has 1 aliphatic rings. The van der Waals surface area contributed by atoms with Gasteiger partial charge in [0.2, 0.25) is 5.91 Å². The highest BCUT2D eigenvalue weighted by Crippen LogP contribution is 2.32. The van der Waals surface area contributed by atoms with Crippen LogP contribution in [-0.2, 0) is 4.79 Å². The number of hydrogen-bond donors (Lipinski definition) is 3. The molecule has 1 atom stereocenters. The van der Waals surface area contributed by atoms with Gasteiger partial charge in [-0.05, 0) is 52.1 Å². The molecule has 0 aromatic heterocycles. The minimum Gasteiger partial charge on any atom is -0.393 e. The topological polar surface area (TPSA) is 61.4 Å². The van der Waals surface area contributed by atoms with Crippen LogP contribution in [0.4, 0.5) is 0 Å². The largest absolute Gasteiger partial charge is 0.393 e. The van der Waals surface area contributed by atoms with Crippen LogP contribution < -0.4 is 10.6 Å². The Kier molecular flexibility index (Phi) is 5.92. The summed E-state index contributed by atoms with van der Waals surface area (Å²) in [5.74, 6) is 0.201. The molecule has 100 valence electrons. The third-order valence-corrected chi connectivity index (χ3v) is 3.80. The van der Waals surface area contributed by atoms with Crippen molar-refractivity contribution in [2.24, 2.45) is 5.41 Å². The van der Waals surface area contributed by atoms with E-state index >= 15 is 0 Å². The minimum atomic E-state index is -0.272. The summed E-state index contributed by atoms with van der Waals surface area (Å²) in [7, 11) is 0. The fourth-order valence-electron chi connectivity index (χ4n) is 2.43. The Morgan fingerprint density at radius 2 is 2.12 bits per heavy atom. The molecule has 0 bridgehead atoms. The smallest absolute Gasteiger partial charge is 0.226 e. The molecule has 0 aromatic carbocycles. The molecule has 0 aromatic rings. The summed E-state index contributed by atoms with van der Waals surface area (Å²) in [4.78, 5) is 12.2. The molecule has 17 heavy (non-hydrogen) atoms. The number of piperidine rings is 1. The van der Waals surface area contributed by atoms with Crippen molar-refractivity contribution < 1.29 is 9.90 Å². The van der Waals surface area contributed by atoms with Gasteiger partial charge in [-0.3, -0.25) is 4.79 Å². The van der Waals surface area contributed by atoms with E-state index in [1.807, 2.05) is 0 Å². The molecule has 1 fully saturated rings. The van der Waals surface area contributed by atoms with Crippen LogP contribution in [0.3, 0.4) is 0 Å². The molecular formula is C13H26N2O2. The quantitative estimate of drug-likeness (QED) is 0.610. The highest BCUT2D eigenvalue weighted by atomic mass is 16.3. The van der Waals surface area contributed by atoms with Crippen LogP contribution >= 0.6 is 0 Å². The van der Waals surface area contributed by atoms with Crippen LogP contribution in [-0.4, -0.2) is 36.8 Å². The molecule has 1 unspecified atom stereocenters. The Hall–Kier alpha value is -0.610. The Morgan fingerprint density at radius 3 is 2.65 bits per heavy atom. The Morgan fingerprint density at radius 1 is 1.47 bits per heavy atom. The van der Waals surface area contributed by atoms with Crippen molar-refractivity contribution in [2.45, 2.75) is 52.1 Å². The third kappa shape index (κ3) is 4.28. The first-order chi connectivity index (χ1) is 8.10. The Balaban J connectivity index is 2.33. The molecule has 1 heterocycles.